The van der Waals surface area contributed by atoms with Gasteiger partial charge in [-0.3, -0.25) is 0 Å². The van der Waals surface area contributed by atoms with Gasteiger partial charge in [0.1, 0.15) is 0 Å². The summed E-state index contributed by atoms with van der Waals surface area (Å²) < 4.78 is 5.67. The van der Waals surface area contributed by atoms with Crippen molar-refractivity contribution in [2.75, 3.05) is 6.61 Å². The molecular formula is C16H30O2. The van der Waals surface area contributed by atoms with Crippen LogP contribution in [0.3, 0.4) is 0 Å². The minimum atomic E-state index is -0.385. The molecule has 2 nitrogen and oxygen atoms in total. The fraction of sp³-hybridized carbons (Fsp3) is 1.00. The Morgan fingerprint density at radius 1 is 1.28 bits per heavy atom. The van der Waals surface area contributed by atoms with Crippen LogP contribution in [0.1, 0.15) is 71.6 Å². The molecule has 1 aliphatic carbocycles. The van der Waals surface area contributed by atoms with Crippen molar-refractivity contribution in [1.29, 1.82) is 0 Å². The van der Waals surface area contributed by atoms with Crippen LogP contribution in [0.4, 0.5) is 0 Å². The fourth-order valence-corrected chi connectivity index (χ4v) is 3.86. The zero-order valence-electron chi connectivity index (χ0n) is 12.2. The third-order valence-corrected chi connectivity index (χ3v) is 4.68. The highest BCUT2D eigenvalue weighted by Crippen LogP contribution is 2.39. The van der Waals surface area contributed by atoms with E-state index >= 15 is 0 Å². The number of hydrogen-bond donors (Lipinski definition) is 1. The monoisotopic (exact) mass is 254 g/mol. The second-order valence-electron chi connectivity index (χ2n) is 6.99. The zero-order chi connectivity index (χ0) is 13.0. The van der Waals surface area contributed by atoms with Crippen LogP contribution in [0.5, 0.6) is 0 Å². The van der Waals surface area contributed by atoms with Crippen LogP contribution in [0.15, 0.2) is 0 Å². The molecule has 18 heavy (non-hydrogen) atoms. The normalized spacial score (nSPS) is 37.3. The Hall–Kier alpha value is -0.0800. The van der Waals surface area contributed by atoms with E-state index in [0.29, 0.717) is 6.10 Å². The van der Waals surface area contributed by atoms with Crippen molar-refractivity contribution in [3.63, 3.8) is 0 Å². The lowest BCUT2D eigenvalue weighted by atomic mass is 9.73. The molecule has 3 unspecified atom stereocenters. The van der Waals surface area contributed by atoms with Crippen molar-refractivity contribution in [1.82, 2.24) is 0 Å². The van der Waals surface area contributed by atoms with Gasteiger partial charge >= 0.3 is 0 Å². The third kappa shape index (κ3) is 4.24. The lowest BCUT2D eigenvalue weighted by molar-refractivity contribution is -0.0375. The van der Waals surface area contributed by atoms with E-state index in [0.717, 1.165) is 44.1 Å². The molecule has 106 valence electrons. The summed E-state index contributed by atoms with van der Waals surface area (Å²) in [6.45, 7) is 5.51. The summed E-state index contributed by atoms with van der Waals surface area (Å²) >= 11 is 0. The van der Waals surface area contributed by atoms with Crippen LogP contribution in [-0.4, -0.2) is 23.4 Å². The molecule has 0 aromatic carbocycles. The fourth-order valence-electron chi connectivity index (χ4n) is 3.86. The van der Waals surface area contributed by atoms with Crippen molar-refractivity contribution in [3.05, 3.63) is 0 Å². The van der Waals surface area contributed by atoms with Crippen LogP contribution >= 0.6 is 0 Å². The molecule has 0 aromatic heterocycles. The summed E-state index contributed by atoms with van der Waals surface area (Å²) in [6, 6.07) is 0. The quantitative estimate of drug-likeness (QED) is 0.806. The molecule has 1 N–H and O–H groups in total. The van der Waals surface area contributed by atoms with Gasteiger partial charge in [-0.2, -0.15) is 0 Å². The molecule has 3 atom stereocenters. The van der Waals surface area contributed by atoms with E-state index in [4.69, 9.17) is 4.74 Å². The number of hydrogen-bond acceptors (Lipinski definition) is 2. The van der Waals surface area contributed by atoms with E-state index in [-0.39, 0.29) is 5.60 Å². The van der Waals surface area contributed by atoms with E-state index in [1.54, 1.807) is 0 Å². The zero-order valence-corrected chi connectivity index (χ0v) is 12.2. The Morgan fingerprint density at radius 3 is 2.78 bits per heavy atom. The highest BCUT2D eigenvalue weighted by Gasteiger charge is 2.35. The van der Waals surface area contributed by atoms with Crippen molar-refractivity contribution >= 4 is 0 Å². The minimum Gasteiger partial charge on any atom is -0.390 e. The molecule has 2 aliphatic rings. The lowest BCUT2D eigenvalue weighted by Crippen LogP contribution is -2.36. The van der Waals surface area contributed by atoms with E-state index in [9.17, 15) is 5.11 Å². The van der Waals surface area contributed by atoms with E-state index in [1.807, 2.05) is 0 Å². The van der Waals surface area contributed by atoms with Gasteiger partial charge in [0, 0.05) is 6.61 Å². The molecule has 1 saturated carbocycles. The highest BCUT2D eigenvalue weighted by atomic mass is 16.5. The molecule has 2 fully saturated rings. The van der Waals surface area contributed by atoms with E-state index in [1.165, 1.54) is 32.1 Å². The summed E-state index contributed by atoms with van der Waals surface area (Å²) in [7, 11) is 0. The van der Waals surface area contributed by atoms with Gasteiger partial charge in [-0.15, -0.1) is 0 Å². The summed E-state index contributed by atoms with van der Waals surface area (Å²) in [4.78, 5) is 0. The molecule has 0 aromatic rings. The Kier molecular flexibility index (Phi) is 5.08. The second kappa shape index (κ2) is 6.38. The summed E-state index contributed by atoms with van der Waals surface area (Å²) in [5.74, 6) is 1.50. The van der Waals surface area contributed by atoms with Crippen molar-refractivity contribution in [3.8, 4) is 0 Å². The van der Waals surface area contributed by atoms with Gasteiger partial charge in [0.05, 0.1) is 11.7 Å². The highest BCUT2D eigenvalue weighted by molar-refractivity contribution is 4.87. The van der Waals surface area contributed by atoms with Crippen LogP contribution in [0.25, 0.3) is 0 Å². The maximum Gasteiger partial charge on any atom is 0.0651 e. The lowest BCUT2D eigenvalue weighted by Gasteiger charge is -2.38. The van der Waals surface area contributed by atoms with Gasteiger partial charge in [-0.1, -0.05) is 26.7 Å². The first kappa shape index (κ1) is 14.3. The maximum atomic E-state index is 10.8. The van der Waals surface area contributed by atoms with Crippen molar-refractivity contribution in [2.24, 2.45) is 11.8 Å². The molecule has 0 spiro atoms. The number of rotatable bonds is 5. The van der Waals surface area contributed by atoms with Crippen LogP contribution in [0.2, 0.25) is 0 Å². The number of aliphatic hydroxyl groups is 1. The van der Waals surface area contributed by atoms with E-state index in [2.05, 4.69) is 13.8 Å². The van der Waals surface area contributed by atoms with Crippen LogP contribution in [-0.2, 0) is 4.74 Å². The molecule has 2 rings (SSSR count). The van der Waals surface area contributed by atoms with Gasteiger partial charge in [0.25, 0.3) is 0 Å². The number of ether oxygens (including phenoxy) is 1. The molecule has 2 heteroatoms. The third-order valence-electron chi connectivity index (χ3n) is 4.68. The largest absolute Gasteiger partial charge is 0.390 e. The summed E-state index contributed by atoms with van der Waals surface area (Å²) in [5, 5.41) is 10.8. The first-order chi connectivity index (χ1) is 8.57. The topological polar surface area (TPSA) is 29.5 Å². The Bertz CT molecular complexity index is 245. The van der Waals surface area contributed by atoms with Gasteiger partial charge in [-0.05, 0) is 56.8 Å². The minimum absolute atomic E-state index is 0.385. The molecule has 1 heterocycles. The predicted octanol–water partition coefficient (Wildman–Crippen LogP) is 3.91. The van der Waals surface area contributed by atoms with Crippen LogP contribution in [0, 0.1) is 11.8 Å². The molecule has 1 aliphatic heterocycles. The van der Waals surface area contributed by atoms with Crippen molar-refractivity contribution in [2.45, 2.75) is 83.3 Å². The van der Waals surface area contributed by atoms with Crippen molar-refractivity contribution < 1.29 is 9.84 Å². The first-order valence-electron chi connectivity index (χ1n) is 7.91. The molecule has 0 amide bonds. The second-order valence-corrected chi connectivity index (χ2v) is 6.99. The average molecular weight is 254 g/mol. The van der Waals surface area contributed by atoms with Gasteiger partial charge in [-0.25, -0.2) is 0 Å². The summed E-state index contributed by atoms with van der Waals surface area (Å²) in [5.41, 5.74) is -0.385. The molecule has 0 bridgehead atoms. The Balaban J connectivity index is 1.77. The molecular weight excluding hydrogens is 224 g/mol. The van der Waals surface area contributed by atoms with E-state index < -0.39 is 0 Å². The van der Waals surface area contributed by atoms with Gasteiger partial charge in [0.2, 0.25) is 0 Å². The Labute approximate surface area is 112 Å². The van der Waals surface area contributed by atoms with Gasteiger partial charge < -0.3 is 9.84 Å². The van der Waals surface area contributed by atoms with Gasteiger partial charge in [0.15, 0.2) is 0 Å². The first-order valence-corrected chi connectivity index (χ1v) is 7.91. The smallest absolute Gasteiger partial charge is 0.0651 e. The maximum absolute atomic E-state index is 10.8. The molecule has 0 radical (unpaired) electrons. The standard InChI is InChI=1S/C16H30O2/c1-13(2)11-14-5-3-8-16(17,12-14)9-7-15-6-4-10-18-15/h13-15,17H,3-12H2,1-2H3. The molecule has 1 saturated heterocycles. The average Bonchev–Trinajstić information content (AvgIpc) is 2.78. The Morgan fingerprint density at radius 2 is 2.11 bits per heavy atom. The summed E-state index contributed by atoms with van der Waals surface area (Å²) in [6.07, 6.45) is 10.7. The predicted molar refractivity (Wildman–Crippen MR) is 74.6 cm³/mol. The SMILES string of the molecule is CC(C)CC1CCCC(O)(CCC2CCCO2)C1. The van der Waals surface area contributed by atoms with Crippen LogP contribution < -0.4 is 0 Å².